The number of hydrogen-bond donors (Lipinski definition) is 1. The zero-order valence-electron chi connectivity index (χ0n) is 16.7. The van der Waals surface area contributed by atoms with Crippen LogP contribution >= 0.6 is 11.6 Å². The van der Waals surface area contributed by atoms with Gasteiger partial charge in [0, 0.05) is 10.7 Å². The van der Waals surface area contributed by atoms with Gasteiger partial charge < -0.3 is 5.32 Å². The molecule has 0 radical (unpaired) electrons. The summed E-state index contributed by atoms with van der Waals surface area (Å²) in [4.78, 5) is 12.7. The maximum absolute atomic E-state index is 13.5. The highest BCUT2D eigenvalue weighted by molar-refractivity contribution is 6.30. The summed E-state index contributed by atoms with van der Waals surface area (Å²) in [5, 5.41) is 12.8. The lowest BCUT2D eigenvalue weighted by Crippen LogP contribution is -2.14. The molecule has 0 heterocycles. The topological polar surface area (TPSA) is 52.9 Å². The molecule has 0 saturated heterocycles. The number of anilines is 1. The third kappa shape index (κ3) is 5.34. The summed E-state index contributed by atoms with van der Waals surface area (Å²) in [7, 11) is 0. The van der Waals surface area contributed by atoms with Crippen molar-refractivity contribution in [1.82, 2.24) is 0 Å². The molecule has 0 atom stereocenters. The first-order chi connectivity index (χ1) is 14.4. The van der Waals surface area contributed by atoms with Crippen molar-refractivity contribution in [3.8, 4) is 6.07 Å². The second kappa shape index (κ2) is 9.39. The number of nitrogens with zero attached hydrogens (tertiary/aromatic N) is 1. The van der Waals surface area contributed by atoms with Gasteiger partial charge in [0.05, 0.1) is 0 Å². The van der Waals surface area contributed by atoms with Crippen molar-refractivity contribution in [2.75, 3.05) is 5.32 Å². The Labute approximate surface area is 180 Å². The molecule has 150 valence electrons. The van der Waals surface area contributed by atoms with Crippen LogP contribution in [0.4, 0.5) is 10.1 Å². The van der Waals surface area contributed by atoms with Crippen LogP contribution < -0.4 is 5.32 Å². The molecule has 30 heavy (non-hydrogen) atoms. The molecule has 1 amide bonds. The first kappa shape index (κ1) is 21.3. The Morgan fingerprint density at radius 3 is 2.63 bits per heavy atom. The van der Waals surface area contributed by atoms with E-state index in [1.54, 1.807) is 18.2 Å². The van der Waals surface area contributed by atoms with E-state index in [1.165, 1.54) is 18.2 Å². The number of nitriles is 1. The van der Waals surface area contributed by atoms with E-state index in [0.29, 0.717) is 22.7 Å². The van der Waals surface area contributed by atoms with Gasteiger partial charge in [-0.2, -0.15) is 5.26 Å². The van der Waals surface area contributed by atoms with Crippen LogP contribution in [-0.2, 0) is 11.2 Å². The highest BCUT2D eigenvalue weighted by atomic mass is 35.5. The van der Waals surface area contributed by atoms with Gasteiger partial charge in [-0.15, -0.1) is 0 Å². The van der Waals surface area contributed by atoms with Crippen molar-refractivity contribution in [2.45, 2.75) is 20.3 Å². The zero-order chi connectivity index (χ0) is 21.7. The largest absolute Gasteiger partial charge is 0.321 e. The predicted molar refractivity (Wildman–Crippen MR) is 119 cm³/mol. The number of nitrogens with one attached hydrogen (secondary N) is 1. The third-order valence-electron chi connectivity index (χ3n) is 4.69. The highest BCUT2D eigenvalue weighted by Gasteiger charge is 2.13. The summed E-state index contributed by atoms with van der Waals surface area (Å²) in [6.07, 6.45) is 1.96. The second-order valence-corrected chi connectivity index (χ2v) is 7.53. The minimum Gasteiger partial charge on any atom is -0.321 e. The molecule has 3 aromatic rings. The Morgan fingerprint density at radius 2 is 1.93 bits per heavy atom. The molecule has 0 aliphatic carbocycles. The minimum absolute atomic E-state index is 0.0438. The Balaban J connectivity index is 1.92. The standard InChI is InChI=1S/C25H20ClFN2O/c1-16-6-9-24(17(2)10-16)29-25(30)21(15-28)13-20-14-22(26)8-7-19(20)11-18-4-3-5-23(27)12-18/h3-10,12-14H,11H2,1-2H3,(H,29,30)/b21-13+. The van der Waals surface area contributed by atoms with Gasteiger partial charge in [0.15, 0.2) is 0 Å². The lowest BCUT2D eigenvalue weighted by molar-refractivity contribution is -0.112. The summed E-state index contributed by atoms with van der Waals surface area (Å²) < 4.78 is 13.5. The quantitative estimate of drug-likeness (QED) is 0.394. The molecule has 0 aliphatic rings. The number of benzene rings is 3. The van der Waals surface area contributed by atoms with Crippen molar-refractivity contribution < 1.29 is 9.18 Å². The predicted octanol–water partition coefficient (Wildman–Crippen LogP) is 6.23. The van der Waals surface area contributed by atoms with E-state index in [-0.39, 0.29) is 11.4 Å². The van der Waals surface area contributed by atoms with Gasteiger partial charge in [-0.25, -0.2) is 4.39 Å². The lowest BCUT2D eigenvalue weighted by Gasteiger charge is -2.10. The number of hydrogen-bond acceptors (Lipinski definition) is 2. The minimum atomic E-state index is -0.499. The van der Waals surface area contributed by atoms with Gasteiger partial charge in [-0.3, -0.25) is 4.79 Å². The SMILES string of the molecule is Cc1ccc(NC(=O)/C(C#N)=C/c2cc(Cl)ccc2Cc2cccc(F)c2)c(C)c1. The first-order valence-corrected chi connectivity index (χ1v) is 9.77. The summed E-state index contributed by atoms with van der Waals surface area (Å²) in [5.74, 6) is -0.815. The smallest absolute Gasteiger partial charge is 0.266 e. The monoisotopic (exact) mass is 418 g/mol. The van der Waals surface area contributed by atoms with Gasteiger partial charge in [-0.1, -0.05) is 47.5 Å². The van der Waals surface area contributed by atoms with Crippen LogP contribution in [0.2, 0.25) is 5.02 Å². The van der Waals surface area contributed by atoms with Crippen molar-refractivity contribution in [3.05, 3.63) is 105 Å². The highest BCUT2D eigenvalue weighted by Crippen LogP contribution is 2.23. The molecule has 0 aliphatic heterocycles. The van der Waals surface area contributed by atoms with E-state index in [0.717, 1.165) is 22.3 Å². The number of aryl methyl sites for hydroxylation is 2. The van der Waals surface area contributed by atoms with Crippen LogP contribution in [0.1, 0.15) is 27.8 Å². The molecule has 0 spiro atoms. The number of halogens is 2. The van der Waals surface area contributed by atoms with Crippen LogP contribution in [-0.4, -0.2) is 5.91 Å². The van der Waals surface area contributed by atoms with Gasteiger partial charge in [0.25, 0.3) is 5.91 Å². The first-order valence-electron chi connectivity index (χ1n) is 9.39. The molecule has 0 aromatic heterocycles. The van der Waals surface area contributed by atoms with Gasteiger partial charge >= 0.3 is 0 Å². The molecular formula is C25H20ClFN2O. The molecule has 3 rings (SSSR count). The van der Waals surface area contributed by atoms with E-state index in [2.05, 4.69) is 5.32 Å². The van der Waals surface area contributed by atoms with E-state index in [4.69, 9.17) is 11.6 Å². The summed E-state index contributed by atoms with van der Waals surface area (Å²) in [5.41, 5.74) is 4.86. The van der Waals surface area contributed by atoms with Crippen LogP contribution in [0.25, 0.3) is 6.08 Å². The maximum Gasteiger partial charge on any atom is 0.266 e. The van der Waals surface area contributed by atoms with Crippen LogP contribution in [0, 0.1) is 31.0 Å². The van der Waals surface area contributed by atoms with E-state index >= 15 is 0 Å². The molecule has 0 unspecified atom stereocenters. The molecule has 0 fully saturated rings. The molecule has 3 nitrogen and oxygen atoms in total. The molecule has 3 aromatic carbocycles. The zero-order valence-corrected chi connectivity index (χ0v) is 17.4. The number of amides is 1. The van der Waals surface area contributed by atoms with Crippen LogP contribution in [0.5, 0.6) is 0 Å². The fourth-order valence-electron chi connectivity index (χ4n) is 3.18. The Bertz CT molecular complexity index is 1180. The average molecular weight is 419 g/mol. The summed E-state index contributed by atoms with van der Waals surface area (Å²) in [6.45, 7) is 3.87. The van der Waals surface area contributed by atoms with Gasteiger partial charge in [0.1, 0.15) is 17.5 Å². The average Bonchev–Trinajstić information content (AvgIpc) is 2.70. The maximum atomic E-state index is 13.5. The van der Waals surface area contributed by atoms with Crippen molar-refractivity contribution >= 4 is 29.3 Å². The van der Waals surface area contributed by atoms with Crippen LogP contribution in [0.15, 0.2) is 66.2 Å². The Kier molecular flexibility index (Phi) is 6.66. The van der Waals surface area contributed by atoms with E-state index < -0.39 is 5.91 Å². The fraction of sp³-hybridized carbons (Fsp3) is 0.120. The Hall–Kier alpha value is -3.42. The van der Waals surface area contributed by atoms with E-state index in [1.807, 2.05) is 50.2 Å². The van der Waals surface area contributed by atoms with Crippen molar-refractivity contribution in [2.24, 2.45) is 0 Å². The van der Waals surface area contributed by atoms with Crippen molar-refractivity contribution in [1.29, 1.82) is 5.26 Å². The van der Waals surface area contributed by atoms with Crippen molar-refractivity contribution in [3.63, 3.8) is 0 Å². The molecule has 0 saturated carbocycles. The number of rotatable bonds is 5. The summed E-state index contributed by atoms with van der Waals surface area (Å²) >= 11 is 6.14. The van der Waals surface area contributed by atoms with E-state index in [9.17, 15) is 14.4 Å². The van der Waals surface area contributed by atoms with Crippen LogP contribution in [0.3, 0.4) is 0 Å². The van der Waals surface area contributed by atoms with Gasteiger partial charge in [-0.05, 0) is 78.9 Å². The second-order valence-electron chi connectivity index (χ2n) is 7.09. The number of carbonyl (C=O) groups is 1. The normalized spacial score (nSPS) is 11.1. The summed E-state index contributed by atoms with van der Waals surface area (Å²) in [6, 6.07) is 19.2. The molecular weight excluding hydrogens is 399 g/mol. The molecule has 1 N–H and O–H groups in total. The molecule has 0 bridgehead atoms. The fourth-order valence-corrected chi connectivity index (χ4v) is 3.36. The third-order valence-corrected chi connectivity index (χ3v) is 4.92. The lowest BCUT2D eigenvalue weighted by atomic mass is 9.98. The van der Waals surface area contributed by atoms with Gasteiger partial charge in [0.2, 0.25) is 0 Å². The number of carbonyl (C=O) groups excluding carboxylic acids is 1. The molecule has 5 heteroatoms. The Morgan fingerprint density at radius 1 is 1.13 bits per heavy atom.